The van der Waals surface area contributed by atoms with Crippen LogP contribution in [0.2, 0.25) is 0 Å². The average Bonchev–Trinajstić information content (AvgIpc) is 3.47. The highest BCUT2D eigenvalue weighted by atomic mass is 16.6. The Morgan fingerprint density at radius 2 is 1.85 bits per heavy atom. The standard InChI is InChI=1S/C29H31N3O9/c1-17-24(28(35)40-15-13-30-27(34)21-10-4-6-12-23(21)33)26(20-9-3-5-11-22(20)32(37)38)25(18(2)31-17)29(36)41-16-19-8-7-14-39-19/h3-6,9-12,19,24,26,33H,7-8,13-16H2,1-2H3,(H,30,34)/t19-,24?,26+/m0/s1. The van der Waals surface area contributed by atoms with Crippen molar-refractivity contribution in [2.75, 3.05) is 26.4 Å². The van der Waals surface area contributed by atoms with Gasteiger partial charge in [-0.25, -0.2) is 4.79 Å². The van der Waals surface area contributed by atoms with Crippen LogP contribution < -0.4 is 5.32 Å². The predicted octanol–water partition coefficient (Wildman–Crippen LogP) is 3.44. The summed E-state index contributed by atoms with van der Waals surface area (Å²) in [5.74, 6) is -4.53. The molecule has 3 atom stereocenters. The first kappa shape index (κ1) is 29.4. The number of para-hydroxylation sites is 2. The zero-order chi connectivity index (χ0) is 29.5. The number of carbonyl (C=O) groups is 3. The lowest BCUT2D eigenvalue weighted by Gasteiger charge is -2.31. The van der Waals surface area contributed by atoms with Gasteiger partial charge in [0, 0.05) is 35.6 Å². The molecule has 0 aliphatic carbocycles. The van der Waals surface area contributed by atoms with Gasteiger partial charge in [-0.1, -0.05) is 30.3 Å². The second kappa shape index (κ2) is 13.2. The summed E-state index contributed by atoms with van der Waals surface area (Å²) in [4.78, 5) is 55.0. The summed E-state index contributed by atoms with van der Waals surface area (Å²) in [7, 11) is 0. The number of rotatable bonds is 10. The number of phenols is 1. The highest BCUT2D eigenvalue weighted by Crippen LogP contribution is 2.43. The van der Waals surface area contributed by atoms with Gasteiger partial charge in [-0.3, -0.25) is 24.7 Å². The predicted molar refractivity (Wildman–Crippen MR) is 146 cm³/mol. The number of hydrogen-bond donors (Lipinski definition) is 2. The van der Waals surface area contributed by atoms with Gasteiger partial charge in [-0.05, 0) is 38.8 Å². The van der Waals surface area contributed by atoms with Gasteiger partial charge in [-0.2, -0.15) is 0 Å². The minimum Gasteiger partial charge on any atom is -0.507 e. The van der Waals surface area contributed by atoms with E-state index in [1.807, 2.05) is 0 Å². The molecule has 216 valence electrons. The van der Waals surface area contributed by atoms with Gasteiger partial charge in [-0.15, -0.1) is 0 Å². The Bertz CT molecular complexity index is 1400. The summed E-state index contributed by atoms with van der Waals surface area (Å²) in [6.45, 7) is 3.46. The number of hydrogen-bond acceptors (Lipinski definition) is 10. The summed E-state index contributed by atoms with van der Waals surface area (Å²) >= 11 is 0. The minimum absolute atomic E-state index is 0.00763. The van der Waals surface area contributed by atoms with Crippen LogP contribution in [0, 0.1) is 16.0 Å². The van der Waals surface area contributed by atoms with Gasteiger partial charge in [0.05, 0.1) is 28.7 Å². The number of nitrogens with zero attached hydrogens (tertiary/aromatic N) is 2. The molecule has 2 aliphatic heterocycles. The fourth-order valence-corrected chi connectivity index (χ4v) is 5.05. The van der Waals surface area contributed by atoms with E-state index < -0.39 is 34.6 Å². The van der Waals surface area contributed by atoms with E-state index in [4.69, 9.17) is 14.2 Å². The second-order valence-corrected chi connectivity index (χ2v) is 9.70. The number of phenolic OH excluding ortho intramolecular Hbond substituents is 1. The number of nitrogens with one attached hydrogen (secondary N) is 1. The topological polar surface area (TPSA) is 167 Å². The van der Waals surface area contributed by atoms with Gasteiger partial charge in [0.15, 0.2) is 0 Å². The molecule has 2 aromatic rings. The third-order valence-corrected chi connectivity index (χ3v) is 6.98. The van der Waals surface area contributed by atoms with Crippen molar-refractivity contribution in [1.29, 1.82) is 0 Å². The molecule has 0 radical (unpaired) electrons. The molecule has 0 saturated carbocycles. The number of nitro groups is 1. The molecular formula is C29H31N3O9. The maximum absolute atomic E-state index is 13.5. The van der Waals surface area contributed by atoms with E-state index in [9.17, 15) is 29.6 Å². The van der Waals surface area contributed by atoms with Crippen LogP contribution in [0.15, 0.2) is 64.8 Å². The molecule has 12 heteroatoms. The van der Waals surface area contributed by atoms with E-state index in [-0.39, 0.29) is 59.7 Å². The summed E-state index contributed by atoms with van der Waals surface area (Å²) in [6, 6.07) is 11.9. The van der Waals surface area contributed by atoms with Crippen LogP contribution in [-0.4, -0.2) is 66.1 Å². The van der Waals surface area contributed by atoms with Crippen LogP contribution in [0.3, 0.4) is 0 Å². The van der Waals surface area contributed by atoms with Gasteiger partial charge >= 0.3 is 11.9 Å². The Balaban J connectivity index is 1.56. The first-order chi connectivity index (χ1) is 19.7. The van der Waals surface area contributed by atoms with Crippen molar-refractivity contribution in [1.82, 2.24) is 5.32 Å². The van der Waals surface area contributed by atoms with Crippen LogP contribution in [0.25, 0.3) is 0 Å². The molecule has 12 nitrogen and oxygen atoms in total. The van der Waals surface area contributed by atoms with Crippen LogP contribution in [0.5, 0.6) is 5.75 Å². The second-order valence-electron chi connectivity index (χ2n) is 9.70. The molecule has 1 amide bonds. The number of allylic oxidation sites excluding steroid dienone is 1. The summed E-state index contributed by atoms with van der Waals surface area (Å²) in [5, 5.41) is 24.4. The van der Waals surface area contributed by atoms with E-state index in [1.165, 1.54) is 30.3 Å². The van der Waals surface area contributed by atoms with Gasteiger partial charge in [0.1, 0.15) is 24.9 Å². The van der Waals surface area contributed by atoms with Crippen LogP contribution >= 0.6 is 0 Å². The monoisotopic (exact) mass is 565 g/mol. The summed E-state index contributed by atoms with van der Waals surface area (Å²) in [6.07, 6.45) is 1.35. The summed E-state index contributed by atoms with van der Waals surface area (Å²) < 4.78 is 16.5. The number of benzene rings is 2. The molecule has 2 aliphatic rings. The molecule has 0 aromatic heterocycles. The molecule has 0 spiro atoms. The highest BCUT2D eigenvalue weighted by Gasteiger charge is 2.45. The molecule has 41 heavy (non-hydrogen) atoms. The maximum Gasteiger partial charge on any atom is 0.336 e. The molecule has 2 heterocycles. The van der Waals surface area contributed by atoms with E-state index in [0.717, 1.165) is 12.8 Å². The molecule has 1 fully saturated rings. The average molecular weight is 566 g/mol. The van der Waals surface area contributed by atoms with E-state index >= 15 is 0 Å². The smallest absolute Gasteiger partial charge is 0.336 e. The minimum atomic E-state index is -1.17. The molecule has 1 saturated heterocycles. The number of carbonyl (C=O) groups excluding carboxylic acids is 3. The number of ether oxygens (including phenoxy) is 3. The maximum atomic E-state index is 13.5. The number of aromatic hydroxyl groups is 1. The number of amides is 1. The SMILES string of the molecule is CC1=NC(C)=C(C(=O)OC[C@@H]2CCCO2)[C@H](c2ccccc2[N+](=O)[O-])C1C(=O)OCCNC(=O)c1ccccc1O. The van der Waals surface area contributed by atoms with Crippen molar-refractivity contribution in [3.05, 3.63) is 81.0 Å². The largest absolute Gasteiger partial charge is 0.507 e. The number of aliphatic imine (C=N–C) groups is 1. The molecule has 4 rings (SSSR count). The van der Waals surface area contributed by atoms with Gasteiger partial charge in [0.2, 0.25) is 0 Å². The van der Waals surface area contributed by atoms with Crippen molar-refractivity contribution >= 4 is 29.2 Å². The van der Waals surface area contributed by atoms with Crippen molar-refractivity contribution in [3.63, 3.8) is 0 Å². The van der Waals surface area contributed by atoms with Crippen molar-refractivity contribution in [2.24, 2.45) is 10.9 Å². The van der Waals surface area contributed by atoms with E-state index in [2.05, 4.69) is 10.3 Å². The lowest BCUT2D eigenvalue weighted by atomic mass is 9.75. The Labute approximate surface area is 236 Å². The molecular weight excluding hydrogens is 534 g/mol. The Morgan fingerprint density at radius 1 is 1.12 bits per heavy atom. The van der Waals surface area contributed by atoms with E-state index in [1.54, 1.807) is 32.0 Å². The van der Waals surface area contributed by atoms with Crippen molar-refractivity contribution < 1.29 is 38.6 Å². The first-order valence-corrected chi connectivity index (χ1v) is 13.2. The van der Waals surface area contributed by atoms with E-state index in [0.29, 0.717) is 12.3 Å². The Morgan fingerprint density at radius 3 is 2.56 bits per heavy atom. The third kappa shape index (κ3) is 6.77. The van der Waals surface area contributed by atoms with Crippen molar-refractivity contribution in [2.45, 2.75) is 38.7 Å². The highest BCUT2D eigenvalue weighted by molar-refractivity contribution is 6.07. The first-order valence-electron chi connectivity index (χ1n) is 13.2. The van der Waals surface area contributed by atoms with Crippen LogP contribution in [0.1, 0.15) is 48.5 Å². The van der Waals surface area contributed by atoms with Crippen LogP contribution in [0.4, 0.5) is 5.69 Å². The Hall–Kier alpha value is -4.58. The molecule has 2 aromatic carbocycles. The molecule has 1 unspecified atom stereocenters. The fraction of sp³-hybridized carbons (Fsp3) is 0.379. The quantitative estimate of drug-likeness (QED) is 0.190. The number of esters is 2. The van der Waals surface area contributed by atoms with Gasteiger partial charge in [0.25, 0.3) is 11.6 Å². The fourth-order valence-electron chi connectivity index (χ4n) is 5.05. The zero-order valence-electron chi connectivity index (χ0n) is 22.7. The molecule has 2 N–H and O–H groups in total. The number of nitro benzene ring substituents is 1. The summed E-state index contributed by atoms with van der Waals surface area (Å²) in [5.41, 5.74) is 0.559. The lowest BCUT2D eigenvalue weighted by Crippen LogP contribution is -2.38. The normalized spacial score (nSPS) is 20.2. The zero-order valence-corrected chi connectivity index (χ0v) is 22.7. The van der Waals surface area contributed by atoms with Crippen molar-refractivity contribution in [3.8, 4) is 5.75 Å². The Kier molecular flexibility index (Phi) is 9.45. The van der Waals surface area contributed by atoms with Crippen LogP contribution in [-0.2, 0) is 23.8 Å². The molecule has 0 bridgehead atoms. The van der Waals surface area contributed by atoms with Gasteiger partial charge < -0.3 is 24.6 Å². The lowest BCUT2D eigenvalue weighted by molar-refractivity contribution is -0.385. The third-order valence-electron chi connectivity index (χ3n) is 6.98.